The molecule has 0 atom stereocenters. The maximum atomic E-state index is 14.0. The highest BCUT2D eigenvalue weighted by Crippen LogP contribution is 2.21. The number of rotatable bonds is 3. The number of benzene rings is 1. The Morgan fingerprint density at radius 2 is 2.26 bits per heavy atom. The van der Waals surface area contributed by atoms with Crippen molar-refractivity contribution in [3.05, 3.63) is 55.9 Å². The fourth-order valence-corrected chi connectivity index (χ4v) is 2.03. The topological polar surface area (TPSA) is 44.1 Å². The second-order valence-corrected chi connectivity index (χ2v) is 4.87. The van der Waals surface area contributed by atoms with Gasteiger partial charge in [-0.15, -0.1) is 0 Å². The number of hydrogen-bond donors (Lipinski definition) is 0. The zero-order chi connectivity index (χ0) is 14.0. The standard InChI is InChI=1S/C12H9BrClFN2O2/c1-19-8-4-2-3-7(10(8)15)5-17-6-16-11(14)9(13)12(17)18/h2-4,6H,5H2,1H3. The Balaban J connectivity index is 2.43. The highest BCUT2D eigenvalue weighted by Gasteiger charge is 2.12. The van der Waals surface area contributed by atoms with E-state index in [-0.39, 0.29) is 27.5 Å². The first kappa shape index (κ1) is 14.0. The minimum atomic E-state index is -0.497. The zero-order valence-electron chi connectivity index (χ0n) is 9.86. The van der Waals surface area contributed by atoms with Gasteiger partial charge in [0.15, 0.2) is 16.7 Å². The summed E-state index contributed by atoms with van der Waals surface area (Å²) in [7, 11) is 1.38. The Morgan fingerprint density at radius 3 is 2.95 bits per heavy atom. The van der Waals surface area contributed by atoms with Crippen LogP contribution in [0.4, 0.5) is 4.39 Å². The van der Waals surface area contributed by atoms with Gasteiger partial charge in [0.1, 0.15) is 4.47 Å². The summed E-state index contributed by atoms with van der Waals surface area (Å²) in [6, 6.07) is 4.74. The molecular formula is C12H9BrClFN2O2. The molecule has 2 rings (SSSR count). The Hall–Kier alpha value is -1.40. The fraction of sp³-hybridized carbons (Fsp3) is 0.167. The van der Waals surface area contributed by atoms with Crippen molar-refractivity contribution in [2.24, 2.45) is 0 Å². The van der Waals surface area contributed by atoms with Crippen LogP contribution >= 0.6 is 27.5 Å². The zero-order valence-corrected chi connectivity index (χ0v) is 12.2. The molecule has 0 radical (unpaired) electrons. The van der Waals surface area contributed by atoms with Crippen LogP contribution in [-0.2, 0) is 6.54 Å². The molecule has 0 aliphatic rings. The maximum Gasteiger partial charge on any atom is 0.269 e. The van der Waals surface area contributed by atoms with E-state index in [2.05, 4.69) is 20.9 Å². The highest BCUT2D eigenvalue weighted by molar-refractivity contribution is 9.10. The molecule has 0 saturated heterocycles. The van der Waals surface area contributed by atoms with Crippen LogP contribution in [0, 0.1) is 5.82 Å². The minimum Gasteiger partial charge on any atom is -0.494 e. The lowest BCUT2D eigenvalue weighted by Gasteiger charge is -2.09. The van der Waals surface area contributed by atoms with Gasteiger partial charge in [-0.2, -0.15) is 0 Å². The Bertz CT molecular complexity index is 675. The Morgan fingerprint density at radius 1 is 1.53 bits per heavy atom. The molecule has 1 aromatic carbocycles. The van der Waals surface area contributed by atoms with E-state index < -0.39 is 5.82 Å². The number of nitrogens with zero attached hydrogens (tertiary/aromatic N) is 2. The molecule has 0 bridgehead atoms. The third kappa shape index (κ3) is 2.79. The molecule has 0 aliphatic heterocycles. The molecular weight excluding hydrogens is 338 g/mol. The molecule has 100 valence electrons. The summed E-state index contributed by atoms with van der Waals surface area (Å²) < 4.78 is 20.3. The van der Waals surface area contributed by atoms with Gasteiger partial charge in [-0.1, -0.05) is 23.7 Å². The van der Waals surface area contributed by atoms with Gasteiger partial charge >= 0.3 is 0 Å². The summed E-state index contributed by atoms with van der Waals surface area (Å²) in [6.07, 6.45) is 1.27. The van der Waals surface area contributed by atoms with Gasteiger partial charge in [0.25, 0.3) is 5.56 Å². The Labute approximate surface area is 121 Å². The van der Waals surface area contributed by atoms with Crippen molar-refractivity contribution >= 4 is 27.5 Å². The van der Waals surface area contributed by atoms with Gasteiger partial charge in [0.2, 0.25) is 0 Å². The van der Waals surface area contributed by atoms with Crippen molar-refractivity contribution < 1.29 is 9.13 Å². The molecule has 7 heteroatoms. The van der Waals surface area contributed by atoms with Crippen LogP contribution in [0.5, 0.6) is 5.75 Å². The fourth-order valence-electron chi connectivity index (χ4n) is 1.58. The predicted molar refractivity (Wildman–Crippen MR) is 73.3 cm³/mol. The van der Waals surface area contributed by atoms with Crippen LogP contribution in [0.25, 0.3) is 0 Å². The summed E-state index contributed by atoms with van der Waals surface area (Å²) in [5.41, 5.74) is -0.0420. The van der Waals surface area contributed by atoms with E-state index in [0.717, 1.165) is 0 Å². The van der Waals surface area contributed by atoms with Crippen LogP contribution < -0.4 is 10.3 Å². The van der Waals surface area contributed by atoms with E-state index in [9.17, 15) is 9.18 Å². The van der Waals surface area contributed by atoms with Gasteiger partial charge in [-0.3, -0.25) is 9.36 Å². The molecule has 0 spiro atoms. The van der Waals surface area contributed by atoms with Gasteiger partial charge in [-0.25, -0.2) is 9.37 Å². The van der Waals surface area contributed by atoms with E-state index in [0.29, 0.717) is 5.56 Å². The van der Waals surface area contributed by atoms with Crippen LogP contribution in [-0.4, -0.2) is 16.7 Å². The van der Waals surface area contributed by atoms with Crippen molar-refractivity contribution in [1.82, 2.24) is 9.55 Å². The monoisotopic (exact) mass is 346 g/mol. The summed E-state index contributed by atoms with van der Waals surface area (Å²) in [5, 5.41) is 0.0763. The minimum absolute atomic E-state index is 0.0463. The molecule has 0 saturated carbocycles. The van der Waals surface area contributed by atoms with Gasteiger partial charge in [0.05, 0.1) is 20.0 Å². The largest absolute Gasteiger partial charge is 0.494 e. The Kier molecular flexibility index (Phi) is 4.21. The van der Waals surface area contributed by atoms with E-state index in [1.165, 1.54) is 24.1 Å². The molecule has 4 nitrogen and oxygen atoms in total. The van der Waals surface area contributed by atoms with E-state index in [1.807, 2.05) is 0 Å². The van der Waals surface area contributed by atoms with Crippen LogP contribution in [0.1, 0.15) is 5.56 Å². The quantitative estimate of drug-likeness (QED) is 0.802. The van der Waals surface area contributed by atoms with Crippen molar-refractivity contribution in [2.45, 2.75) is 6.54 Å². The van der Waals surface area contributed by atoms with Gasteiger partial charge < -0.3 is 4.74 Å². The number of methoxy groups -OCH3 is 1. The number of ether oxygens (including phenoxy) is 1. The third-order valence-electron chi connectivity index (χ3n) is 2.54. The molecule has 0 unspecified atom stereocenters. The summed E-state index contributed by atoms with van der Waals surface area (Å²) in [6.45, 7) is 0.0463. The first-order chi connectivity index (χ1) is 9.04. The van der Waals surface area contributed by atoms with Gasteiger partial charge in [0, 0.05) is 5.56 Å². The second kappa shape index (κ2) is 5.71. The molecule has 19 heavy (non-hydrogen) atoms. The molecule has 0 N–H and O–H groups in total. The highest BCUT2D eigenvalue weighted by atomic mass is 79.9. The lowest BCUT2D eigenvalue weighted by Crippen LogP contribution is -2.22. The smallest absolute Gasteiger partial charge is 0.269 e. The van der Waals surface area contributed by atoms with E-state index in [1.54, 1.807) is 12.1 Å². The first-order valence-electron chi connectivity index (χ1n) is 5.26. The number of aromatic nitrogens is 2. The number of halogens is 3. The molecule has 2 aromatic rings. The molecule has 0 aliphatic carbocycles. The van der Waals surface area contributed by atoms with E-state index >= 15 is 0 Å². The molecule has 1 heterocycles. The van der Waals surface area contributed by atoms with Crippen molar-refractivity contribution in [3.63, 3.8) is 0 Å². The SMILES string of the molecule is COc1cccc(Cn2cnc(Cl)c(Br)c2=O)c1F. The van der Waals surface area contributed by atoms with Crippen molar-refractivity contribution in [2.75, 3.05) is 7.11 Å². The predicted octanol–water partition coefficient (Wildman–Crippen LogP) is 2.86. The van der Waals surface area contributed by atoms with Crippen molar-refractivity contribution in [3.8, 4) is 5.75 Å². The maximum absolute atomic E-state index is 14.0. The molecule has 1 aromatic heterocycles. The second-order valence-electron chi connectivity index (χ2n) is 3.72. The van der Waals surface area contributed by atoms with Crippen LogP contribution in [0.15, 0.2) is 33.8 Å². The van der Waals surface area contributed by atoms with Crippen LogP contribution in [0.2, 0.25) is 5.15 Å². The lowest BCUT2D eigenvalue weighted by atomic mass is 10.2. The van der Waals surface area contributed by atoms with Gasteiger partial charge in [-0.05, 0) is 22.0 Å². The average Bonchev–Trinajstić information content (AvgIpc) is 2.41. The molecule has 0 fully saturated rings. The van der Waals surface area contributed by atoms with E-state index in [4.69, 9.17) is 16.3 Å². The number of hydrogen-bond acceptors (Lipinski definition) is 3. The third-order valence-corrected chi connectivity index (χ3v) is 3.77. The molecule has 0 amide bonds. The normalized spacial score (nSPS) is 10.5. The summed E-state index contributed by atoms with van der Waals surface area (Å²) in [5.74, 6) is -0.366. The van der Waals surface area contributed by atoms with Crippen molar-refractivity contribution in [1.29, 1.82) is 0 Å². The first-order valence-corrected chi connectivity index (χ1v) is 6.43. The summed E-state index contributed by atoms with van der Waals surface area (Å²) >= 11 is 8.75. The average molecular weight is 348 g/mol. The summed E-state index contributed by atoms with van der Waals surface area (Å²) in [4.78, 5) is 15.7. The van der Waals surface area contributed by atoms with Crippen LogP contribution in [0.3, 0.4) is 0 Å². The lowest BCUT2D eigenvalue weighted by molar-refractivity contribution is 0.383.